The minimum atomic E-state index is 0.153. The van der Waals surface area contributed by atoms with Gasteiger partial charge in [-0.2, -0.15) is 9.50 Å². The van der Waals surface area contributed by atoms with E-state index < -0.39 is 0 Å². The summed E-state index contributed by atoms with van der Waals surface area (Å²) in [6.45, 7) is 0.657. The van der Waals surface area contributed by atoms with Crippen LogP contribution in [0.25, 0.3) is 5.78 Å². The van der Waals surface area contributed by atoms with E-state index in [0.717, 1.165) is 24.3 Å². The van der Waals surface area contributed by atoms with Crippen LogP contribution in [-0.2, 0) is 11.2 Å². The summed E-state index contributed by atoms with van der Waals surface area (Å²) in [4.78, 5) is 20.4. The van der Waals surface area contributed by atoms with Gasteiger partial charge in [-0.25, -0.2) is 4.98 Å². The number of carbonyl (C=O) groups excluding carboxylic acids is 1. The summed E-state index contributed by atoms with van der Waals surface area (Å²) >= 11 is 1.53. The Hall–Kier alpha value is -1.47. The summed E-state index contributed by atoms with van der Waals surface area (Å²) in [6.07, 6.45) is 3.96. The Bertz CT molecular complexity index is 625. The Labute approximate surface area is 114 Å². The van der Waals surface area contributed by atoms with Crippen LogP contribution in [0, 0.1) is 0 Å². The lowest BCUT2D eigenvalue weighted by molar-refractivity contribution is 0.0970. The van der Waals surface area contributed by atoms with E-state index in [1.807, 2.05) is 0 Å². The number of ketones is 1. The molecule has 0 bridgehead atoms. The van der Waals surface area contributed by atoms with Crippen molar-refractivity contribution in [2.75, 3.05) is 19.5 Å². The zero-order valence-electron chi connectivity index (χ0n) is 10.6. The number of methoxy groups -OCH3 is 1. The predicted molar refractivity (Wildman–Crippen MR) is 70.7 cm³/mol. The molecule has 100 valence electrons. The average molecular weight is 278 g/mol. The zero-order chi connectivity index (χ0) is 13.2. The molecule has 0 saturated heterocycles. The van der Waals surface area contributed by atoms with E-state index in [0.29, 0.717) is 29.5 Å². The monoisotopic (exact) mass is 278 g/mol. The molecule has 1 aliphatic rings. The number of thioether (sulfide) groups is 1. The number of Topliss-reactive ketones (excluding diaryl/α,β-unsaturated/α-hetero) is 1. The van der Waals surface area contributed by atoms with Crippen molar-refractivity contribution in [1.29, 1.82) is 0 Å². The first-order valence-corrected chi connectivity index (χ1v) is 7.18. The van der Waals surface area contributed by atoms with Crippen molar-refractivity contribution in [3.8, 4) is 0 Å². The smallest absolute Gasteiger partial charge is 0.253 e. The molecule has 0 radical (unpaired) electrons. The fraction of sp³-hybridized carbons (Fsp3) is 0.500. The molecule has 1 aliphatic carbocycles. The van der Waals surface area contributed by atoms with Crippen LogP contribution in [0.15, 0.2) is 11.4 Å². The van der Waals surface area contributed by atoms with E-state index in [1.165, 1.54) is 11.8 Å². The predicted octanol–water partition coefficient (Wildman–Crippen LogP) is 1.38. The van der Waals surface area contributed by atoms with E-state index >= 15 is 0 Å². The molecule has 0 fully saturated rings. The number of hydrogen-bond acceptors (Lipinski definition) is 6. The normalized spacial score (nSPS) is 14.9. The summed E-state index contributed by atoms with van der Waals surface area (Å²) in [7, 11) is 1.67. The molecule has 0 atom stereocenters. The molecule has 2 aromatic heterocycles. The zero-order valence-corrected chi connectivity index (χ0v) is 11.4. The number of hydrogen-bond donors (Lipinski definition) is 0. The van der Waals surface area contributed by atoms with Crippen molar-refractivity contribution in [2.24, 2.45) is 0 Å². The fourth-order valence-electron chi connectivity index (χ4n) is 2.16. The highest BCUT2D eigenvalue weighted by atomic mass is 32.2. The highest BCUT2D eigenvalue weighted by molar-refractivity contribution is 7.99. The van der Waals surface area contributed by atoms with Gasteiger partial charge < -0.3 is 4.74 Å². The van der Waals surface area contributed by atoms with Crippen LogP contribution in [-0.4, -0.2) is 44.8 Å². The lowest BCUT2D eigenvalue weighted by Crippen LogP contribution is -2.16. The maximum Gasteiger partial charge on any atom is 0.253 e. The topological polar surface area (TPSA) is 69.4 Å². The lowest BCUT2D eigenvalue weighted by atomic mass is 9.96. The minimum absolute atomic E-state index is 0.153. The third kappa shape index (κ3) is 2.35. The first kappa shape index (κ1) is 12.6. The molecule has 7 heteroatoms. The first-order chi connectivity index (χ1) is 9.29. The standard InChI is InChI=1S/C12H14N4O2S/c1-18-5-6-19-12-14-11-13-7-8-9(16(11)15-12)3-2-4-10(8)17/h7H,2-6H2,1H3. The van der Waals surface area contributed by atoms with Gasteiger partial charge in [0.25, 0.3) is 5.78 Å². The SMILES string of the molecule is COCCSc1nc2ncc3c(n2n1)CCCC3=O. The number of aryl methyl sites for hydroxylation is 1. The van der Waals surface area contributed by atoms with Crippen molar-refractivity contribution >= 4 is 23.3 Å². The molecule has 0 saturated carbocycles. The summed E-state index contributed by atoms with van der Waals surface area (Å²) in [5.74, 6) is 1.52. The quantitative estimate of drug-likeness (QED) is 0.621. The average Bonchev–Trinajstić information content (AvgIpc) is 2.82. The van der Waals surface area contributed by atoms with Gasteiger partial charge in [-0.15, -0.1) is 5.10 Å². The van der Waals surface area contributed by atoms with Crippen LogP contribution < -0.4 is 0 Å². The van der Waals surface area contributed by atoms with E-state index in [2.05, 4.69) is 15.1 Å². The highest BCUT2D eigenvalue weighted by Crippen LogP contribution is 2.22. The molecule has 3 rings (SSSR count). The Morgan fingerprint density at radius 3 is 3.21 bits per heavy atom. The second kappa shape index (κ2) is 5.26. The van der Waals surface area contributed by atoms with Gasteiger partial charge in [0.2, 0.25) is 5.16 Å². The Morgan fingerprint density at radius 2 is 2.37 bits per heavy atom. The van der Waals surface area contributed by atoms with Gasteiger partial charge in [-0.05, 0) is 12.8 Å². The molecular formula is C12H14N4O2S. The van der Waals surface area contributed by atoms with Crippen LogP contribution in [0.4, 0.5) is 0 Å². The molecule has 0 spiro atoms. The van der Waals surface area contributed by atoms with Gasteiger partial charge in [0.1, 0.15) is 0 Å². The van der Waals surface area contributed by atoms with Crippen LogP contribution in [0.1, 0.15) is 28.9 Å². The first-order valence-electron chi connectivity index (χ1n) is 6.19. The second-order valence-electron chi connectivity index (χ2n) is 4.34. The van der Waals surface area contributed by atoms with Gasteiger partial charge >= 0.3 is 0 Å². The summed E-state index contributed by atoms with van der Waals surface area (Å²) in [5.41, 5.74) is 1.63. The van der Waals surface area contributed by atoms with E-state index in [4.69, 9.17) is 4.74 Å². The number of rotatable bonds is 4. The molecule has 0 aromatic carbocycles. The molecule has 0 aliphatic heterocycles. The van der Waals surface area contributed by atoms with E-state index in [1.54, 1.807) is 17.8 Å². The van der Waals surface area contributed by atoms with Crippen molar-refractivity contribution in [1.82, 2.24) is 19.6 Å². The van der Waals surface area contributed by atoms with Crippen molar-refractivity contribution in [3.63, 3.8) is 0 Å². The van der Waals surface area contributed by atoms with Crippen molar-refractivity contribution in [2.45, 2.75) is 24.4 Å². The highest BCUT2D eigenvalue weighted by Gasteiger charge is 2.21. The Balaban J connectivity index is 1.96. The maximum atomic E-state index is 11.8. The van der Waals surface area contributed by atoms with Crippen LogP contribution in [0.5, 0.6) is 0 Å². The second-order valence-corrected chi connectivity index (χ2v) is 5.40. The van der Waals surface area contributed by atoms with E-state index in [-0.39, 0.29) is 5.78 Å². The van der Waals surface area contributed by atoms with Gasteiger partial charge in [-0.1, -0.05) is 11.8 Å². The third-order valence-corrected chi connectivity index (χ3v) is 3.88. The van der Waals surface area contributed by atoms with Crippen molar-refractivity contribution < 1.29 is 9.53 Å². The van der Waals surface area contributed by atoms with Gasteiger partial charge in [-0.3, -0.25) is 4.79 Å². The van der Waals surface area contributed by atoms with Gasteiger partial charge in [0, 0.05) is 25.5 Å². The Kier molecular flexibility index (Phi) is 3.48. The third-order valence-electron chi connectivity index (χ3n) is 3.08. The van der Waals surface area contributed by atoms with Gasteiger partial charge in [0.15, 0.2) is 5.78 Å². The van der Waals surface area contributed by atoms with Crippen LogP contribution in [0.3, 0.4) is 0 Å². The molecule has 6 nitrogen and oxygen atoms in total. The van der Waals surface area contributed by atoms with Crippen molar-refractivity contribution in [3.05, 3.63) is 17.5 Å². The molecule has 0 amide bonds. The van der Waals surface area contributed by atoms with E-state index in [9.17, 15) is 4.79 Å². The Morgan fingerprint density at radius 1 is 1.47 bits per heavy atom. The van der Waals surface area contributed by atoms with Gasteiger partial charge in [0.05, 0.1) is 17.9 Å². The molecule has 2 heterocycles. The summed E-state index contributed by atoms with van der Waals surface area (Å²) in [5, 5.41) is 5.11. The fourth-order valence-corrected chi connectivity index (χ4v) is 2.88. The minimum Gasteiger partial charge on any atom is -0.384 e. The van der Waals surface area contributed by atoms with Crippen LogP contribution >= 0.6 is 11.8 Å². The maximum absolute atomic E-state index is 11.8. The van der Waals surface area contributed by atoms with Crippen LogP contribution in [0.2, 0.25) is 0 Å². The number of nitrogens with zero attached hydrogens (tertiary/aromatic N) is 4. The molecule has 0 N–H and O–H groups in total. The summed E-state index contributed by atoms with van der Waals surface area (Å²) in [6, 6.07) is 0. The number of ether oxygens (including phenoxy) is 1. The molecule has 0 unspecified atom stereocenters. The number of fused-ring (bicyclic) bond motifs is 3. The molecular weight excluding hydrogens is 264 g/mol. The number of aromatic nitrogens is 4. The molecule has 19 heavy (non-hydrogen) atoms. The number of carbonyl (C=O) groups is 1. The lowest BCUT2D eigenvalue weighted by Gasteiger charge is -2.13. The summed E-state index contributed by atoms with van der Waals surface area (Å²) < 4.78 is 6.71. The largest absolute Gasteiger partial charge is 0.384 e. The molecule has 2 aromatic rings.